The number of anilines is 2. The van der Waals surface area contributed by atoms with E-state index in [1.807, 2.05) is 37.3 Å². The molecule has 0 fully saturated rings. The first-order chi connectivity index (χ1) is 14.0. The van der Waals surface area contributed by atoms with Crippen LogP contribution < -0.4 is 10.6 Å². The SMILES string of the molecule is CCC(=O)Nc1ccc(NC(=O)c2ccccc2-c2ccccc2C#N)cc1C. The quantitative estimate of drug-likeness (QED) is 0.640. The molecule has 2 amide bonds. The minimum absolute atomic E-state index is 0.0602. The molecule has 0 aliphatic heterocycles. The fourth-order valence-corrected chi connectivity index (χ4v) is 3.05. The molecule has 5 heteroatoms. The van der Waals surface area contributed by atoms with E-state index in [4.69, 9.17) is 0 Å². The van der Waals surface area contributed by atoms with Crippen LogP contribution in [0.1, 0.15) is 34.8 Å². The first-order valence-electron chi connectivity index (χ1n) is 9.34. The fraction of sp³-hybridized carbons (Fsp3) is 0.125. The maximum atomic E-state index is 13.0. The van der Waals surface area contributed by atoms with E-state index in [9.17, 15) is 14.9 Å². The van der Waals surface area contributed by atoms with Gasteiger partial charge < -0.3 is 10.6 Å². The van der Waals surface area contributed by atoms with Crippen LogP contribution in [0.5, 0.6) is 0 Å². The second kappa shape index (κ2) is 8.85. The van der Waals surface area contributed by atoms with Gasteiger partial charge in [0.1, 0.15) is 0 Å². The lowest BCUT2D eigenvalue weighted by atomic mass is 9.95. The number of nitriles is 1. The van der Waals surface area contributed by atoms with Gasteiger partial charge in [0.15, 0.2) is 0 Å². The number of rotatable bonds is 5. The Labute approximate surface area is 170 Å². The van der Waals surface area contributed by atoms with E-state index >= 15 is 0 Å². The van der Waals surface area contributed by atoms with Gasteiger partial charge in [0.05, 0.1) is 11.6 Å². The lowest BCUT2D eigenvalue weighted by Crippen LogP contribution is -2.14. The normalized spacial score (nSPS) is 10.1. The van der Waals surface area contributed by atoms with Crippen LogP contribution in [-0.4, -0.2) is 11.8 Å². The Hall–Kier alpha value is -3.91. The summed E-state index contributed by atoms with van der Waals surface area (Å²) >= 11 is 0. The van der Waals surface area contributed by atoms with Gasteiger partial charge in [-0.3, -0.25) is 9.59 Å². The van der Waals surface area contributed by atoms with Crippen molar-refractivity contribution in [2.45, 2.75) is 20.3 Å². The van der Waals surface area contributed by atoms with E-state index in [2.05, 4.69) is 16.7 Å². The maximum absolute atomic E-state index is 13.0. The molecule has 0 atom stereocenters. The first kappa shape index (κ1) is 19.8. The summed E-state index contributed by atoms with van der Waals surface area (Å²) in [5.74, 6) is -0.326. The van der Waals surface area contributed by atoms with Crippen LogP contribution in [0.2, 0.25) is 0 Å². The molecule has 0 bridgehead atoms. The number of carbonyl (C=O) groups excluding carboxylic acids is 2. The van der Waals surface area contributed by atoms with Crippen molar-refractivity contribution in [1.29, 1.82) is 5.26 Å². The Morgan fingerprint density at radius 2 is 1.62 bits per heavy atom. The van der Waals surface area contributed by atoms with Crippen molar-refractivity contribution in [3.63, 3.8) is 0 Å². The monoisotopic (exact) mass is 383 g/mol. The third-order valence-electron chi connectivity index (χ3n) is 4.59. The van der Waals surface area contributed by atoms with Gasteiger partial charge in [-0.15, -0.1) is 0 Å². The summed E-state index contributed by atoms with van der Waals surface area (Å²) in [5, 5.41) is 15.1. The summed E-state index contributed by atoms with van der Waals surface area (Å²) in [5.41, 5.74) is 4.62. The predicted octanol–water partition coefficient (Wildman–Crippen LogP) is 5.13. The summed E-state index contributed by atoms with van der Waals surface area (Å²) in [4.78, 5) is 24.6. The van der Waals surface area contributed by atoms with Crippen molar-refractivity contribution in [1.82, 2.24) is 0 Å². The molecule has 0 aliphatic carbocycles. The Morgan fingerprint density at radius 1 is 0.931 bits per heavy atom. The minimum atomic E-state index is -0.266. The number of hydrogen-bond acceptors (Lipinski definition) is 3. The number of hydrogen-bond donors (Lipinski definition) is 2. The standard InChI is InChI=1S/C24H21N3O2/c1-3-23(28)27-22-13-12-18(14-16(22)2)26-24(29)21-11-7-6-10-20(21)19-9-5-4-8-17(19)15-25/h4-14H,3H2,1-2H3,(H,26,29)(H,27,28). The molecule has 0 heterocycles. The lowest BCUT2D eigenvalue weighted by Gasteiger charge is -2.13. The van der Waals surface area contributed by atoms with Crippen LogP contribution in [0.15, 0.2) is 66.7 Å². The van der Waals surface area contributed by atoms with Crippen molar-refractivity contribution >= 4 is 23.2 Å². The molecule has 0 saturated carbocycles. The highest BCUT2D eigenvalue weighted by molar-refractivity contribution is 6.09. The average Bonchev–Trinajstić information content (AvgIpc) is 2.75. The van der Waals surface area contributed by atoms with Crippen LogP contribution in [0.4, 0.5) is 11.4 Å². The van der Waals surface area contributed by atoms with Gasteiger partial charge in [0, 0.05) is 28.9 Å². The predicted molar refractivity (Wildman–Crippen MR) is 115 cm³/mol. The van der Waals surface area contributed by atoms with Gasteiger partial charge >= 0.3 is 0 Å². The van der Waals surface area contributed by atoms with Crippen LogP contribution in [0, 0.1) is 18.3 Å². The molecular weight excluding hydrogens is 362 g/mol. The van der Waals surface area contributed by atoms with Gasteiger partial charge in [0.25, 0.3) is 5.91 Å². The van der Waals surface area contributed by atoms with Crippen LogP contribution in [0.3, 0.4) is 0 Å². The van der Waals surface area contributed by atoms with Gasteiger partial charge in [-0.05, 0) is 48.4 Å². The van der Waals surface area contributed by atoms with Gasteiger partial charge in [0.2, 0.25) is 5.91 Å². The maximum Gasteiger partial charge on any atom is 0.256 e. The highest BCUT2D eigenvalue weighted by Gasteiger charge is 2.15. The van der Waals surface area contributed by atoms with Crippen molar-refractivity contribution in [3.8, 4) is 17.2 Å². The van der Waals surface area contributed by atoms with Crippen LogP contribution >= 0.6 is 0 Å². The molecule has 0 aromatic heterocycles. The zero-order valence-electron chi connectivity index (χ0n) is 16.3. The van der Waals surface area contributed by atoms with E-state index in [0.717, 1.165) is 16.8 Å². The zero-order valence-corrected chi connectivity index (χ0v) is 16.3. The summed E-state index contributed by atoms with van der Waals surface area (Å²) < 4.78 is 0. The summed E-state index contributed by atoms with van der Waals surface area (Å²) in [6, 6.07) is 21.9. The number of carbonyl (C=O) groups is 2. The molecule has 2 N–H and O–H groups in total. The van der Waals surface area contributed by atoms with E-state index in [0.29, 0.717) is 28.8 Å². The summed E-state index contributed by atoms with van der Waals surface area (Å²) in [6.07, 6.45) is 0.402. The molecule has 144 valence electrons. The smallest absolute Gasteiger partial charge is 0.256 e. The second-order valence-corrected chi connectivity index (χ2v) is 6.59. The molecule has 0 unspecified atom stereocenters. The lowest BCUT2D eigenvalue weighted by molar-refractivity contribution is -0.115. The highest BCUT2D eigenvalue weighted by Crippen LogP contribution is 2.28. The van der Waals surface area contributed by atoms with Gasteiger partial charge in [-0.1, -0.05) is 43.3 Å². The molecule has 3 aromatic carbocycles. The molecular formula is C24H21N3O2. The van der Waals surface area contributed by atoms with Crippen LogP contribution in [-0.2, 0) is 4.79 Å². The van der Waals surface area contributed by atoms with Gasteiger partial charge in [-0.2, -0.15) is 5.26 Å². The van der Waals surface area contributed by atoms with Crippen molar-refractivity contribution in [3.05, 3.63) is 83.4 Å². The Bertz CT molecular complexity index is 1110. The van der Waals surface area contributed by atoms with E-state index in [-0.39, 0.29) is 11.8 Å². The van der Waals surface area contributed by atoms with E-state index in [1.165, 1.54) is 0 Å². The molecule has 29 heavy (non-hydrogen) atoms. The Morgan fingerprint density at radius 3 is 2.31 bits per heavy atom. The number of nitrogens with zero attached hydrogens (tertiary/aromatic N) is 1. The molecule has 3 aromatic rings. The molecule has 0 radical (unpaired) electrons. The van der Waals surface area contributed by atoms with E-state index in [1.54, 1.807) is 43.3 Å². The van der Waals surface area contributed by atoms with Crippen molar-refractivity contribution in [2.24, 2.45) is 0 Å². The highest BCUT2D eigenvalue weighted by atomic mass is 16.2. The van der Waals surface area contributed by atoms with E-state index < -0.39 is 0 Å². The Balaban J connectivity index is 1.88. The summed E-state index contributed by atoms with van der Waals surface area (Å²) in [7, 11) is 0. The molecule has 0 saturated heterocycles. The summed E-state index contributed by atoms with van der Waals surface area (Å²) in [6.45, 7) is 3.67. The van der Waals surface area contributed by atoms with Crippen LogP contribution in [0.25, 0.3) is 11.1 Å². The molecule has 0 spiro atoms. The fourth-order valence-electron chi connectivity index (χ4n) is 3.05. The average molecular weight is 383 g/mol. The third kappa shape index (κ3) is 4.50. The topological polar surface area (TPSA) is 82.0 Å². The molecule has 0 aliphatic rings. The molecule has 5 nitrogen and oxygen atoms in total. The number of aryl methyl sites for hydroxylation is 1. The third-order valence-corrected chi connectivity index (χ3v) is 4.59. The number of benzene rings is 3. The minimum Gasteiger partial charge on any atom is -0.326 e. The zero-order chi connectivity index (χ0) is 20.8. The van der Waals surface area contributed by atoms with Gasteiger partial charge in [-0.25, -0.2) is 0 Å². The second-order valence-electron chi connectivity index (χ2n) is 6.59. The first-order valence-corrected chi connectivity index (χ1v) is 9.34. The van der Waals surface area contributed by atoms with Crippen molar-refractivity contribution < 1.29 is 9.59 Å². The number of amides is 2. The molecule has 3 rings (SSSR count). The largest absolute Gasteiger partial charge is 0.326 e. The number of nitrogens with one attached hydrogen (secondary N) is 2. The Kier molecular flexibility index (Phi) is 6.06. The van der Waals surface area contributed by atoms with Crippen molar-refractivity contribution in [2.75, 3.05) is 10.6 Å².